The van der Waals surface area contributed by atoms with Gasteiger partial charge >= 0.3 is 12.8 Å². The van der Waals surface area contributed by atoms with Crippen molar-refractivity contribution in [3.63, 3.8) is 0 Å². The van der Waals surface area contributed by atoms with Crippen LogP contribution in [0.5, 0.6) is 17.2 Å². The molecular formula is C102H120F12O3. The lowest BCUT2D eigenvalue weighted by molar-refractivity contribution is -0.138. The fourth-order valence-electron chi connectivity index (χ4n) is 17.5. The van der Waals surface area contributed by atoms with Crippen molar-refractivity contribution in [3.8, 4) is 17.2 Å². The Hall–Kier alpha value is -8.72. The summed E-state index contributed by atoms with van der Waals surface area (Å²) >= 11 is 0. The number of hydrogen-bond donors (Lipinski definition) is 0. The Labute approximate surface area is 687 Å². The number of halogens is 12. The van der Waals surface area contributed by atoms with Crippen molar-refractivity contribution in [2.45, 2.75) is 252 Å². The number of ether oxygens (including phenoxy) is 3. The van der Waals surface area contributed by atoms with Crippen molar-refractivity contribution in [2.75, 3.05) is 13.7 Å². The van der Waals surface area contributed by atoms with E-state index in [1.54, 1.807) is 38.1 Å². The summed E-state index contributed by atoms with van der Waals surface area (Å²) < 4.78 is 168. The Morgan fingerprint density at radius 3 is 1.15 bits per heavy atom. The molecule has 117 heavy (non-hydrogen) atoms. The minimum absolute atomic E-state index is 0.126. The van der Waals surface area contributed by atoms with E-state index in [-0.39, 0.29) is 23.9 Å². The van der Waals surface area contributed by atoms with Gasteiger partial charge in [-0.1, -0.05) is 154 Å². The molecule has 0 aliphatic heterocycles. The summed E-state index contributed by atoms with van der Waals surface area (Å²) in [6.07, 6.45) is 11.8. The molecule has 6 unspecified atom stereocenters. The lowest BCUT2D eigenvalue weighted by atomic mass is 9.81. The first-order chi connectivity index (χ1) is 55.4. The molecule has 0 bridgehead atoms. The van der Waals surface area contributed by atoms with Gasteiger partial charge in [0.05, 0.1) is 5.56 Å². The Morgan fingerprint density at radius 2 is 0.701 bits per heavy atom. The summed E-state index contributed by atoms with van der Waals surface area (Å²) in [4.78, 5) is 0. The van der Waals surface area contributed by atoms with Crippen LogP contribution in [0.3, 0.4) is 0 Å². The molecule has 15 heteroatoms. The van der Waals surface area contributed by atoms with Crippen LogP contribution in [0.2, 0.25) is 0 Å². The quantitative estimate of drug-likeness (QED) is 0.142. The van der Waals surface area contributed by atoms with Gasteiger partial charge in [0.2, 0.25) is 13.7 Å². The van der Waals surface area contributed by atoms with Gasteiger partial charge in [0.15, 0.2) is 0 Å². The Morgan fingerprint density at radius 1 is 0.342 bits per heavy atom. The summed E-state index contributed by atoms with van der Waals surface area (Å²) in [5.74, 6) is 5.15. The molecule has 630 valence electrons. The molecule has 6 aliphatic rings. The predicted molar refractivity (Wildman–Crippen MR) is 456 cm³/mol. The molecule has 0 N–H and O–H groups in total. The SMILES string of the molecule is Cc1cc(CF)c2c(c1)CCC(C)C2.Cc1cc(F)c2cc(C)ccc2c1.Cc1cc2c(c(C(F)(F)F)c1)CC(C)CC2.Cc1cc2c(c(C(F)F)c1)CC(C)CC2.Cc1cc2c(c(OC(F)F)c1)CC(C)CC2.Cc1cc2c(c(OCF)c1)CC(C)CC2.Cc1cc2c(c(OCF)c1)CC(C)CC2.Cc1ccc2cc(C)c(F)cc2c1. The zero-order valence-corrected chi connectivity index (χ0v) is 71.4. The second-order valence-electron chi connectivity index (χ2n) is 34.5. The van der Waals surface area contributed by atoms with Gasteiger partial charge in [-0.25, -0.2) is 30.7 Å². The van der Waals surface area contributed by atoms with E-state index in [2.05, 4.69) is 76.6 Å². The number of fused-ring (bicyclic) bond motifs is 8. The van der Waals surface area contributed by atoms with Gasteiger partial charge in [-0.3, -0.25) is 0 Å². The molecule has 3 nitrogen and oxygen atoms in total. The zero-order valence-electron chi connectivity index (χ0n) is 71.4. The summed E-state index contributed by atoms with van der Waals surface area (Å²) in [5.41, 5.74) is 24.3. The van der Waals surface area contributed by atoms with Crippen LogP contribution in [0.15, 0.2) is 133 Å². The van der Waals surface area contributed by atoms with Crippen LogP contribution in [0.1, 0.15) is 226 Å². The maximum Gasteiger partial charge on any atom is 0.416 e. The molecule has 6 atom stereocenters. The van der Waals surface area contributed by atoms with Crippen molar-refractivity contribution in [1.82, 2.24) is 0 Å². The first kappa shape index (κ1) is 92.2. The van der Waals surface area contributed by atoms with E-state index in [9.17, 15) is 52.7 Å². The van der Waals surface area contributed by atoms with Crippen molar-refractivity contribution in [1.29, 1.82) is 0 Å². The molecule has 0 heterocycles. The zero-order chi connectivity index (χ0) is 85.3. The first-order valence-corrected chi connectivity index (χ1v) is 41.8. The minimum Gasteiger partial charge on any atom is -0.463 e. The van der Waals surface area contributed by atoms with Gasteiger partial charge in [-0.05, 0) is 385 Å². The van der Waals surface area contributed by atoms with Gasteiger partial charge < -0.3 is 14.2 Å². The van der Waals surface area contributed by atoms with Crippen LogP contribution < -0.4 is 14.2 Å². The molecule has 0 fully saturated rings. The highest BCUT2D eigenvalue weighted by molar-refractivity contribution is 5.85. The smallest absolute Gasteiger partial charge is 0.416 e. The van der Waals surface area contributed by atoms with E-state index >= 15 is 0 Å². The van der Waals surface area contributed by atoms with Gasteiger partial charge in [0, 0.05) is 10.9 Å². The van der Waals surface area contributed by atoms with Crippen LogP contribution >= 0.6 is 0 Å². The lowest BCUT2D eigenvalue weighted by Crippen LogP contribution is -2.18. The molecule has 0 aromatic heterocycles. The molecule has 16 rings (SSSR count). The van der Waals surface area contributed by atoms with Gasteiger partial charge in [0.25, 0.3) is 6.43 Å². The number of rotatable bonds is 8. The fraction of sp³-hybridized carbons (Fsp3) is 0.451. The largest absolute Gasteiger partial charge is 0.463 e. The number of benzene rings is 10. The van der Waals surface area contributed by atoms with E-state index in [0.29, 0.717) is 63.8 Å². The third kappa shape index (κ3) is 26.1. The third-order valence-electron chi connectivity index (χ3n) is 23.5. The highest BCUT2D eigenvalue weighted by Gasteiger charge is 2.36. The lowest BCUT2D eigenvalue weighted by Gasteiger charge is -2.25. The van der Waals surface area contributed by atoms with Crippen molar-refractivity contribution in [2.24, 2.45) is 35.5 Å². The highest BCUT2D eigenvalue weighted by atomic mass is 19.4. The van der Waals surface area contributed by atoms with E-state index < -0.39 is 38.5 Å². The molecule has 0 radical (unpaired) electrons. The van der Waals surface area contributed by atoms with Crippen LogP contribution in [0, 0.1) is 116 Å². The third-order valence-corrected chi connectivity index (χ3v) is 23.5. The average Bonchev–Trinajstić information content (AvgIpc) is 0.760. The molecule has 0 amide bonds. The molecular weight excluding hydrogens is 1500 g/mol. The maximum atomic E-state index is 13.4. The monoisotopic (exact) mass is 1620 g/mol. The molecule has 0 saturated carbocycles. The summed E-state index contributed by atoms with van der Waals surface area (Å²) in [6, 6.07) is 42.1. The Balaban J connectivity index is 0.000000153. The van der Waals surface area contributed by atoms with E-state index in [1.165, 1.54) is 69.8 Å². The number of aryl methyl sites for hydroxylation is 16. The molecule has 0 spiro atoms. The second kappa shape index (κ2) is 42.3. The maximum absolute atomic E-state index is 13.4. The topological polar surface area (TPSA) is 27.7 Å². The fourth-order valence-corrected chi connectivity index (χ4v) is 17.5. The molecule has 10 aromatic carbocycles. The first-order valence-electron chi connectivity index (χ1n) is 41.8. The van der Waals surface area contributed by atoms with Crippen molar-refractivity contribution >= 4 is 21.5 Å². The van der Waals surface area contributed by atoms with Gasteiger partial charge in [-0.2, -0.15) is 22.0 Å². The molecule has 0 saturated heterocycles. The van der Waals surface area contributed by atoms with E-state index in [0.717, 1.165) is 190 Å². The summed E-state index contributed by atoms with van der Waals surface area (Å²) in [6.45, 7) is 27.9. The van der Waals surface area contributed by atoms with Crippen LogP contribution in [0.25, 0.3) is 21.5 Å². The molecule has 10 aromatic rings. The Kier molecular flexibility index (Phi) is 33.3. The minimum atomic E-state index is -4.22. The molecule has 6 aliphatic carbocycles. The predicted octanol–water partition coefficient (Wildman–Crippen LogP) is 29.5. The van der Waals surface area contributed by atoms with Gasteiger partial charge in [0.1, 0.15) is 35.6 Å². The average molecular weight is 1620 g/mol. The van der Waals surface area contributed by atoms with E-state index in [1.807, 2.05) is 128 Å². The second-order valence-corrected chi connectivity index (χ2v) is 34.5. The van der Waals surface area contributed by atoms with Crippen LogP contribution in [0.4, 0.5) is 52.7 Å². The highest BCUT2D eigenvalue weighted by Crippen LogP contribution is 2.42. The summed E-state index contributed by atoms with van der Waals surface area (Å²) in [7, 11) is 0. The number of alkyl halides is 10. The number of hydrogen-bond acceptors (Lipinski definition) is 3. The summed E-state index contributed by atoms with van der Waals surface area (Å²) in [5, 5.41) is 3.77. The van der Waals surface area contributed by atoms with Crippen LogP contribution in [-0.2, 0) is 89.9 Å². The van der Waals surface area contributed by atoms with Gasteiger partial charge in [-0.15, -0.1) is 0 Å². The van der Waals surface area contributed by atoms with Crippen molar-refractivity contribution < 1.29 is 66.9 Å². The van der Waals surface area contributed by atoms with E-state index in [4.69, 9.17) is 9.47 Å². The standard InChI is InChI=1S/C13H15F3.C13H16F2O.C13H16F2.2C13H17FO.C13H17F.2C12H11F/c1-8-3-4-10-5-9(2)7-12(11(10)6-8)13(14,15)16;1-8-3-4-10-5-9(2)7-12(11(10)6-8)16-13(14)15;1-8-3-4-10-5-9(2)7-12(13(14)15)11(10)6-8;2*1-9-3-4-11-5-10(2)7-13(15-8-14)12(11)6-9;1-9-3-4-11-5-10(2)6-12(8-14)13(11)7-9;1-8-3-4-10-5-9(2)7-12(13)11(10)6-8;1-8-3-4-10-6-9(2)12(13)7-11(10)5-8/h5,7-8H,3-4,6H2,1-2H3;5,7-8,13H,3-4,6H2,1-2H3;5,7-8,13H,3-4,6H2,1-2H3;2*5,7,9H,3-4,6,8H2,1-2H3;5-6,9H,3-4,7-8H2,1-2H3;2*3-7H,1-2H3. The van der Waals surface area contributed by atoms with Crippen molar-refractivity contribution in [3.05, 3.63) is 284 Å². The van der Waals surface area contributed by atoms with Crippen LogP contribution in [-0.4, -0.2) is 20.3 Å². The Bertz CT molecular complexity index is 4910. The normalized spacial score (nSPS) is 18.1.